The zero-order valence-corrected chi connectivity index (χ0v) is 14.5. The van der Waals surface area contributed by atoms with E-state index in [1.165, 1.54) is 18.2 Å². The van der Waals surface area contributed by atoms with Crippen LogP contribution in [-0.2, 0) is 16.1 Å². The number of benzene rings is 2. The molecule has 2 amide bonds. The number of nitro groups is 1. The summed E-state index contributed by atoms with van der Waals surface area (Å²) in [5.74, 6) is -0.611. The highest BCUT2D eigenvalue weighted by atomic mass is 16.6. The second kappa shape index (κ2) is 7.69. The van der Waals surface area contributed by atoms with Gasteiger partial charge in [0.25, 0.3) is 5.69 Å². The van der Waals surface area contributed by atoms with Crippen LogP contribution >= 0.6 is 0 Å². The summed E-state index contributed by atoms with van der Waals surface area (Å²) in [5, 5.41) is 16.2. The fraction of sp³-hybridized carbons (Fsp3) is 0.158. The van der Waals surface area contributed by atoms with E-state index in [2.05, 4.69) is 10.6 Å². The minimum atomic E-state index is -0.845. The molecular weight excluding hydrogens is 350 g/mol. The summed E-state index contributed by atoms with van der Waals surface area (Å²) < 4.78 is 5.38. The van der Waals surface area contributed by atoms with E-state index in [1.807, 2.05) is 30.3 Å². The number of carbonyl (C=O) groups is 2. The molecule has 2 aromatic carbocycles. The van der Waals surface area contributed by atoms with Crippen molar-refractivity contribution >= 4 is 17.7 Å². The highest BCUT2D eigenvalue weighted by Crippen LogP contribution is 2.29. The van der Waals surface area contributed by atoms with E-state index >= 15 is 0 Å². The van der Waals surface area contributed by atoms with Crippen molar-refractivity contribution in [2.24, 2.45) is 0 Å². The van der Waals surface area contributed by atoms with Crippen LogP contribution in [-0.4, -0.2) is 16.9 Å². The molecule has 8 heteroatoms. The van der Waals surface area contributed by atoms with Crippen LogP contribution in [0, 0.1) is 10.1 Å². The molecule has 0 radical (unpaired) electrons. The van der Waals surface area contributed by atoms with Crippen LogP contribution in [0.15, 0.2) is 65.9 Å². The maximum absolute atomic E-state index is 12.7. The number of nitrogens with one attached hydrogen (secondary N) is 2. The number of hydrogen-bond donors (Lipinski definition) is 2. The molecule has 2 N–H and O–H groups in total. The molecule has 0 bridgehead atoms. The molecule has 0 saturated carbocycles. The summed E-state index contributed by atoms with van der Waals surface area (Å²) in [6, 6.07) is 13.6. The fourth-order valence-electron chi connectivity index (χ4n) is 2.83. The third kappa shape index (κ3) is 4.12. The molecule has 2 aromatic rings. The summed E-state index contributed by atoms with van der Waals surface area (Å²) in [6.45, 7) is 1.66. The van der Waals surface area contributed by atoms with Crippen molar-refractivity contribution in [2.75, 3.05) is 0 Å². The number of amides is 2. The second-order valence-corrected chi connectivity index (χ2v) is 5.98. The number of allylic oxidation sites excluding steroid dienone is 1. The van der Waals surface area contributed by atoms with Crippen molar-refractivity contribution in [3.8, 4) is 0 Å². The van der Waals surface area contributed by atoms with Gasteiger partial charge in [0, 0.05) is 17.8 Å². The Morgan fingerprint density at radius 1 is 1.19 bits per heavy atom. The molecule has 0 spiro atoms. The summed E-state index contributed by atoms with van der Waals surface area (Å²) in [4.78, 5) is 35.1. The molecule has 0 unspecified atom stereocenters. The van der Waals surface area contributed by atoms with Gasteiger partial charge in [-0.1, -0.05) is 42.5 Å². The molecule has 27 heavy (non-hydrogen) atoms. The van der Waals surface area contributed by atoms with Gasteiger partial charge in [-0.3, -0.25) is 10.1 Å². The number of hydrogen-bond acceptors (Lipinski definition) is 5. The van der Waals surface area contributed by atoms with Crippen molar-refractivity contribution in [3.63, 3.8) is 0 Å². The molecule has 0 fully saturated rings. The Balaban J connectivity index is 1.88. The van der Waals surface area contributed by atoms with Gasteiger partial charge in [0.05, 0.1) is 16.5 Å². The van der Waals surface area contributed by atoms with Crippen LogP contribution in [0.25, 0.3) is 0 Å². The second-order valence-electron chi connectivity index (χ2n) is 5.98. The SMILES string of the molecule is CC1=C(C(=O)OCc2ccccc2)[C@H](c2cccc([N+](=O)[O-])c2)NC(=O)N1. The first-order valence-electron chi connectivity index (χ1n) is 8.19. The van der Waals surface area contributed by atoms with Crippen molar-refractivity contribution in [1.29, 1.82) is 0 Å². The van der Waals surface area contributed by atoms with E-state index in [4.69, 9.17) is 4.74 Å². The van der Waals surface area contributed by atoms with E-state index in [0.717, 1.165) is 5.56 Å². The summed E-state index contributed by atoms with van der Waals surface area (Å²) in [7, 11) is 0. The Morgan fingerprint density at radius 3 is 2.63 bits per heavy atom. The lowest BCUT2D eigenvalue weighted by molar-refractivity contribution is -0.384. The van der Waals surface area contributed by atoms with E-state index in [0.29, 0.717) is 11.3 Å². The molecule has 1 aliphatic heterocycles. The van der Waals surface area contributed by atoms with Crippen molar-refractivity contribution < 1.29 is 19.2 Å². The largest absolute Gasteiger partial charge is 0.457 e. The maximum atomic E-state index is 12.7. The predicted molar refractivity (Wildman–Crippen MR) is 96.4 cm³/mol. The van der Waals surface area contributed by atoms with Crippen LogP contribution in [0.2, 0.25) is 0 Å². The molecule has 138 valence electrons. The number of esters is 1. The Bertz CT molecular complexity index is 924. The fourth-order valence-corrected chi connectivity index (χ4v) is 2.83. The lowest BCUT2D eigenvalue weighted by Gasteiger charge is -2.28. The monoisotopic (exact) mass is 367 g/mol. The third-order valence-electron chi connectivity index (χ3n) is 4.12. The van der Waals surface area contributed by atoms with Gasteiger partial charge >= 0.3 is 12.0 Å². The number of rotatable bonds is 5. The van der Waals surface area contributed by atoms with Crippen LogP contribution < -0.4 is 10.6 Å². The van der Waals surface area contributed by atoms with Gasteiger partial charge in [0.2, 0.25) is 0 Å². The van der Waals surface area contributed by atoms with E-state index in [-0.39, 0.29) is 17.9 Å². The lowest BCUT2D eigenvalue weighted by atomic mass is 9.95. The van der Waals surface area contributed by atoms with Gasteiger partial charge in [0.15, 0.2) is 0 Å². The first-order chi connectivity index (χ1) is 13.0. The quantitative estimate of drug-likeness (QED) is 0.479. The Morgan fingerprint density at radius 2 is 1.93 bits per heavy atom. The third-order valence-corrected chi connectivity index (χ3v) is 4.12. The molecule has 0 aliphatic carbocycles. The molecule has 3 rings (SSSR count). The number of nitro benzene ring substituents is 1. The molecule has 0 saturated heterocycles. The molecule has 1 heterocycles. The van der Waals surface area contributed by atoms with E-state index in [9.17, 15) is 19.7 Å². The average Bonchev–Trinajstić information content (AvgIpc) is 2.66. The lowest BCUT2D eigenvalue weighted by Crippen LogP contribution is -2.45. The Hall–Kier alpha value is -3.68. The topological polar surface area (TPSA) is 111 Å². The molecule has 1 atom stereocenters. The van der Waals surface area contributed by atoms with Crippen LogP contribution in [0.5, 0.6) is 0 Å². The van der Waals surface area contributed by atoms with Crippen LogP contribution in [0.3, 0.4) is 0 Å². The number of ether oxygens (including phenoxy) is 1. The highest BCUT2D eigenvalue weighted by molar-refractivity contribution is 5.95. The Kier molecular flexibility index (Phi) is 5.16. The van der Waals surface area contributed by atoms with Gasteiger partial charge < -0.3 is 15.4 Å². The summed E-state index contributed by atoms with van der Waals surface area (Å²) in [6.07, 6.45) is 0. The molecular formula is C19H17N3O5. The highest BCUT2D eigenvalue weighted by Gasteiger charge is 2.32. The van der Waals surface area contributed by atoms with E-state index < -0.39 is 23.0 Å². The zero-order valence-electron chi connectivity index (χ0n) is 14.5. The number of non-ortho nitro benzene ring substituents is 1. The van der Waals surface area contributed by atoms with Crippen molar-refractivity contribution in [1.82, 2.24) is 10.6 Å². The van der Waals surface area contributed by atoms with Crippen LogP contribution in [0.1, 0.15) is 24.1 Å². The van der Waals surface area contributed by atoms with Crippen LogP contribution in [0.4, 0.5) is 10.5 Å². The van der Waals surface area contributed by atoms with Gasteiger partial charge in [-0.2, -0.15) is 0 Å². The van der Waals surface area contributed by atoms with Crippen molar-refractivity contribution in [2.45, 2.75) is 19.6 Å². The molecule has 1 aliphatic rings. The molecule has 8 nitrogen and oxygen atoms in total. The van der Waals surface area contributed by atoms with Crippen molar-refractivity contribution in [3.05, 3.63) is 87.1 Å². The first kappa shape index (κ1) is 18.1. The predicted octanol–water partition coefficient (Wildman–Crippen LogP) is 2.97. The van der Waals surface area contributed by atoms with Gasteiger partial charge in [0.1, 0.15) is 6.61 Å². The zero-order chi connectivity index (χ0) is 19.4. The normalized spacial score (nSPS) is 16.3. The maximum Gasteiger partial charge on any atom is 0.338 e. The van der Waals surface area contributed by atoms with Gasteiger partial charge in [-0.25, -0.2) is 9.59 Å². The average molecular weight is 367 g/mol. The molecule has 0 aromatic heterocycles. The standard InChI is InChI=1S/C19H17N3O5/c1-12-16(18(23)27-11-13-6-3-2-4-7-13)17(21-19(24)20-12)14-8-5-9-15(10-14)22(25)26/h2-10,17H,11H2,1H3,(H2,20,21,24)/t17-/m0/s1. The number of urea groups is 1. The van der Waals surface area contributed by atoms with Gasteiger partial charge in [-0.15, -0.1) is 0 Å². The van der Waals surface area contributed by atoms with E-state index in [1.54, 1.807) is 13.0 Å². The van der Waals surface area contributed by atoms with Gasteiger partial charge in [-0.05, 0) is 18.1 Å². The summed E-state index contributed by atoms with van der Waals surface area (Å²) in [5.41, 5.74) is 1.66. The Labute approximate surface area is 155 Å². The number of carbonyl (C=O) groups excluding carboxylic acids is 2. The number of nitrogens with zero attached hydrogens (tertiary/aromatic N) is 1. The smallest absolute Gasteiger partial charge is 0.338 e. The minimum absolute atomic E-state index is 0.0755. The summed E-state index contributed by atoms with van der Waals surface area (Å²) >= 11 is 0. The minimum Gasteiger partial charge on any atom is -0.457 e. The first-order valence-corrected chi connectivity index (χ1v) is 8.19.